The number of nitrogens with two attached hydrogens (primary N) is 1. The lowest BCUT2D eigenvalue weighted by molar-refractivity contribution is -0.137. The van der Waals surface area contributed by atoms with Crippen LogP contribution in [0.3, 0.4) is 0 Å². The number of nitrogens with zero attached hydrogens (tertiary/aromatic N) is 2. The number of benzodiazepines with no additional fused rings is 1. The monoisotopic (exact) mass is 521 g/mol. The number of amides is 2. The van der Waals surface area contributed by atoms with Crippen LogP contribution in [0.2, 0.25) is 0 Å². The topological polar surface area (TPSA) is 75.8 Å². The molecular formula is C26H21F6N3O2. The number of halogens is 6. The van der Waals surface area contributed by atoms with Crippen LogP contribution in [-0.2, 0) is 22.2 Å². The number of hydrogen-bond donors (Lipinski definition) is 1. The molecule has 0 radical (unpaired) electrons. The van der Waals surface area contributed by atoms with E-state index in [4.69, 9.17) is 5.73 Å². The number of para-hydroxylation sites is 1. The van der Waals surface area contributed by atoms with Crippen LogP contribution >= 0.6 is 0 Å². The number of anilines is 1. The molecule has 4 rings (SSSR count). The highest BCUT2D eigenvalue weighted by molar-refractivity contribution is 6.19. The van der Waals surface area contributed by atoms with Crippen LogP contribution < -0.4 is 10.6 Å². The zero-order valence-electron chi connectivity index (χ0n) is 19.2. The van der Waals surface area contributed by atoms with Crippen LogP contribution in [0.5, 0.6) is 0 Å². The molecule has 0 saturated heterocycles. The van der Waals surface area contributed by atoms with Crippen LogP contribution in [0.25, 0.3) is 0 Å². The maximum absolute atomic E-state index is 12.8. The van der Waals surface area contributed by atoms with Crippen molar-refractivity contribution < 1.29 is 35.9 Å². The summed E-state index contributed by atoms with van der Waals surface area (Å²) in [5, 5.41) is 0. The van der Waals surface area contributed by atoms with Crippen molar-refractivity contribution in [2.75, 3.05) is 18.0 Å². The summed E-state index contributed by atoms with van der Waals surface area (Å²) in [5.41, 5.74) is 6.68. The van der Waals surface area contributed by atoms with Crippen molar-refractivity contribution in [2.45, 2.75) is 18.8 Å². The predicted octanol–water partition coefficient (Wildman–Crippen LogP) is 5.17. The van der Waals surface area contributed by atoms with Crippen molar-refractivity contribution in [2.24, 2.45) is 10.7 Å². The Labute approximate surface area is 208 Å². The van der Waals surface area contributed by atoms with Crippen molar-refractivity contribution in [3.05, 3.63) is 101 Å². The molecule has 11 heteroatoms. The Bertz CT molecular complexity index is 1270. The maximum Gasteiger partial charge on any atom is 0.416 e. The highest BCUT2D eigenvalue weighted by atomic mass is 19.4. The number of carbonyl (C=O) groups excluding carboxylic acids is 2. The third-order valence-corrected chi connectivity index (χ3v) is 5.17. The molecule has 0 fully saturated rings. The second-order valence-electron chi connectivity index (χ2n) is 7.98. The lowest BCUT2D eigenvalue weighted by atomic mass is 10.0. The quantitative estimate of drug-likeness (QED) is 0.482. The fourth-order valence-corrected chi connectivity index (χ4v) is 3.57. The van der Waals surface area contributed by atoms with Gasteiger partial charge in [0, 0.05) is 11.1 Å². The van der Waals surface area contributed by atoms with Gasteiger partial charge in [0.1, 0.15) is 13.1 Å². The van der Waals surface area contributed by atoms with Gasteiger partial charge in [-0.05, 0) is 23.8 Å². The predicted molar refractivity (Wildman–Crippen MR) is 126 cm³/mol. The summed E-state index contributed by atoms with van der Waals surface area (Å²) < 4.78 is 74.8. The molecule has 194 valence electrons. The Hall–Kier alpha value is -4.15. The number of primary amides is 1. The highest BCUT2D eigenvalue weighted by Crippen LogP contribution is 2.30. The lowest BCUT2D eigenvalue weighted by Crippen LogP contribution is -2.40. The molecule has 0 spiro atoms. The Morgan fingerprint density at radius 1 is 0.865 bits per heavy atom. The van der Waals surface area contributed by atoms with E-state index in [9.17, 15) is 35.9 Å². The van der Waals surface area contributed by atoms with Gasteiger partial charge in [-0.2, -0.15) is 26.3 Å². The summed E-state index contributed by atoms with van der Waals surface area (Å²) in [5.74, 6) is -1.23. The summed E-state index contributed by atoms with van der Waals surface area (Å²) in [6.07, 6.45) is -8.86. The van der Waals surface area contributed by atoms with E-state index >= 15 is 0 Å². The standard InChI is InChI=1S/C17H13F3N2O.C9H8F3NO/c18-17(19,20)11-22-14-9-5-4-8-13(14)16(21-10-15(22)23)12-6-2-1-3-7-12;10-9(11,12)7-3-1-6(2-4-7)5-8(13)14/h1-9H,10-11H2;1-4H,5H2,(H2,13,14). The molecule has 3 aromatic rings. The van der Waals surface area contributed by atoms with E-state index in [-0.39, 0.29) is 18.7 Å². The third kappa shape index (κ3) is 7.66. The zero-order chi connectivity index (χ0) is 27.2. The van der Waals surface area contributed by atoms with Gasteiger partial charge in [-0.25, -0.2) is 0 Å². The van der Waals surface area contributed by atoms with Crippen molar-refractivity contribution >= 4 is 23.2 Å². The minimum Gasteiger partial charge on any atom is -0.369 e. The van der Waals surface area contributed by atoms with Gasteiger partial charge in [-0.15, -0.1) is 0 Å². The Morgan fingerprint density at radius 3 is 2.03 bits per heavy atom. The minimum absolute atomic E-state index is 0.0435. The second kappa shape index (κ2) is 11.3. The number of benzene rings is 3. The summed E-state index contributed by atoms with van der Waals surface area (Å²) in [4.78, 5) is 27.6. The molecule has 0 saturated carbocycles. The Kier molecular flexibility index (Phi) is 8.36. The Balaban J connectivity index is 0.000000233. The average Bonchev–Trinajstić information content (AvgIpc) is 2.95. The average molecular weight is 521 g/mol. The number of rotatable bonds is 4. The molecule has 0 bridgehead atoms. The molecule has 5 nitrogen and oxygen atoms in total. The van der Waals surface area contributed by atoms with Crippen LogP contribution in [-0.4, -0.2) is 36.8 Å². The molecule has 1 heterocycles. The third-order valence-electron chi connectivity index (χ3n) is 5.17. The van der Waals surface area contributed by atoms with Gasteiger partial charge in [0.25, 0.3) is 0 Å². The molecule has 37 heavy (non-hydrogen) atoms. The molecule has 1 aliphatic rings. The van der Waals surface area contributed by atoms with Gasteiger partial charge >= 0.3 is 12.4 Å². The van der Waals surface area contributed by atoms with E-state index in [0.717, 1.165) is 22.6 Å². The summed E-state index contributed by atoms with van der Waals surface area (Å²) in [7, 11) is 0. The van der Waals surface area contributed by atoms with E-state index in [2.05, 4.69) is 4.99 Å². The van der Waals surface area contributed by atoms with Gasteiger partial charge in [-0.1, -0.05) is 60.7 Å². The summed E-state index contributed by atoms with van der Waals surface area (Å²) >= 11 is 0. The number of fused-ring (bicyclic) bond motifs is 1. The molecule has 0 aliphatic carbocycles. The van der Waals surface area contributed by atoms with E-state index in [0.29, 0.717) is 16.8 Å². The smallest absolute Gasteiger partial charge is 0.369 e. The number of aliphatic imine (C=N–C) groups is 1. The van der Waals surface area contributed by atoms with Crippen LogP contribution in [0.1, 0.15) is 22.3 Å². The number of hydrogen-bond acceptors (Lipinski definition) is 3. The molecule has 2 N–H and O–H groups in total. The lowest BCUT2D eigenvalue weighted by Gasteiger charge is -2.24. The highest BCUT2D eigenvalue weighted by Gasteiger charge is 2.36. The first-order valence-corrected chi connectivity index (χ1v) is 10.9. The van der Waals surface area contributed by atoms with Crippen LogP contribution in [0.4, 0.5) is 32.0 Å². The van der Waals surface area contributed by atoms with Crippen molar-refractivity contribution in [1.82, 2.24) is 0 Å². The van der Waals surface area contributed by atoms with Gasteiger partial charge in [0.05, 0.1) is 23.4 Å². The van der Waals surface area contributed by atoms with Gasteiger partial charge in [0.2, 0.25) is 11.8 Å². The second-order valence-corrected chi connectivity index (χ2v) is 7.98. The van der Waals surface area contributed by atoms with E-state index in [1.165, 1.54) is 18.2 Å². The number of alkyl halides is 6. The molecule has 0 unspecified atom stereocenters. The first-order valence-electron chi connectivity index (χ1n) is 10.9. The Morgan fingerprint density at radius 2 is 1.46 bits per heavy atom. The van der Waals surface area contributed by atoms with E-state index in [1.807, 2.05) is 30.3 Å². The number of carbonyl (C=O) groups is 2. The fraction of sp³-hybridized carbons (Fsp3) is 0.192. The molecular weight excluding hydrogens is 500 g/mol. The molecule has 1 aliphatic heterocycles. The van der Waals surface area contributed by atoms with Crippen LogP contribution in [0, 0.1) is 0 Å². The summed E-state index contributed by atoms with van der Waals surface area (Å²) in [6, 6.07) is 20.0. The maximum atomic E-state index is 12.8. The van der Waals surface area contributed by atoms with E-state index in [1.54, 1.807) is 18.2 Å². The van der Waals surface area contributed by atoms with Gasteiger partial charge < -0.3 is 10.6 Å². The zero-order valence-corrected chi connectivity index (χ0v) is 19.2. The largest absolute Gasteiger partial charge is 0.416 e. The summed E-state index contributed by atoms with van der Waals surface area (Å²) in [6.45, 7) is -1.63. The molecule has 0 atom stereocenters. The molecule has 0 aromatic heterocycles. The molecule has 3 aromatic carbocycles. The normalized spacial score (nSPS) is 13.6. The molecule has 2 amide bonds. The van der Waals surface area contributed by atoms with Gasteiger partial charge in [0.15, 0.2) is 0 Å². The first kappa shape index (κ1) is 27.4. The van der Waals surface area contributed by atoms with Crippen molar-refractivity contribution in [3.63, 3.8) is 0 Å². The fourth-order valence-electron chi connectivity index (χ4n) is 3.57. The van der Waals surface area contributed by atoms with Gasteiger partial charge in [-0.3, -0.25) is 14.6 Å². The van der Waals surface area contributed by atoms with E-state index < -0.39 is 36.3 Å². The first-order chi connectivity index (χ1) is 17.3. The SMILES string of the molecule is NC(=O)Cc1ccc(C(F)(F)F)cc1.O=C1CN=C(c2ccccc2)c2ccccc2N1CC(F)(F)F. The van der Waals surface area contributed by atoms with Crippen LogP contribution in [0.15, 0.2) is 83.9 Å². The minimum atomic E-state index is -4.47. The van der Waals surface area contributed by atoms with Crippen molar-refractivity contribution in [1.29, 1.82) is 0 Å². The van der Waals surface area contributed by atoms with Crippen molar-refractivity contribution in [3.8, 4) is 0 Å².